The van der Waals surface area contributed by atoms with Crippen molar-refractivity contribution in [2.75, 3.05) is 5.32 Å². The standard InChI is InChI=1S/C13H10Cl2N2O3S/c1-5-11(21-6(2)16-5)12(18)17-10-8(15)4-3-7(14)9(10)13(19)20/h3-4H,1-2H3,(H,17,18)(H,19,20). The number of anilines is 1. The minimum Gasteiger partial charge on any atom is -0.478 e. The molecule has 8 heteroatoms. The minimum absolute atomic E-state index is 0.000549. The van der Waals surface area contributed by atoms with E-state index >= 15 is 0 Å². The fourth-order valence-electron chi connectivity index (χ4n) is 1.80. The summed E-state index contributed by atoms with van der Waals surface area (Å²) in [6.45, 7) is 3.49. The third-order valence-electron chi connectivity index (χ3n) is 2.67. The van der Waals surface area contributed by atoms with Crippen molar-refractivity contribution in [3.63, 3.8) is 0 Å². The van der Waals surface area contributed by atoms with E-state index in [1.54, 1.807) is 13.8 Å². The normalized spacial score (nSPS) is 10.5. The van der Waals surface area contributed by atoms with Gasteiger partial charge in [0.05, 0.1) is 26.4 Å². The first-order chi connectivity index (χ1) is 9.81. The topological polar surface area (TPSA) is 79.3 Å². The van der Waals surface area contributed by atoms with Crippen LogP contribution in [0.1, 0.15) is 30.7 Å². The van der Waals surface area contributed by atoms with Crippen molar-refractivity contribution < 1.29 is 14.7 Å². The number of aromatic carboxylic acids is 1. The maximum Gasteiger partial charge on any atom is 0.339 e. The molecule has 0 fully saturated rings. The van der Waals surface area contributed by atoms with Crippen LogP contribution in [0, 0.1) is 13.8 Å². The van der Waals surface area contributed by atoms with Gasteiger partial charge in [-0.2, -0.15) is 0 Å². The number of rotatable bonds is 3. The van der Waals surface area contributed by atoms with E-state index in [2.05, 4.69) is 10.3 Å². The highest BCUT2D eigenvalue weighted by atomic mass is 35.5. The molecule has 0 bridgehead atoms. The summed E-state index contributed by atoms with van der Waals surface area (Å²) < 4.78 is 0. The number of carbonyl (C=O) groups excluding carboxylic acids is 1. The fourth-order valence-corrected chi connectivity index (χ4v) is 3.05. The molecule has 2 rings (SSSR count). The van der Waals surface area contributed by atoms with Gasteiger partial charge in [0, 0.05) is 0 Å². The monoisotopic (exact) mass is 344 g/mol. The second-order valence-corrected chi connectivity index (χ2v) is 6.20. The van der Waals surface area contributed by atoms with Crippen LogP contribution >= 0.6 is 34.5 Å². The molecule has 0 spiro atoms. The molecule has 1 aromatic heterocycles. The molecular formula is C13H10Cl2N2O3S. The molecule has 0 unspecified atom stereocenters. The number of amides is 1. The van der Waals surface area contributed by atoms with Gasteiger partial charge in [-0.15, -0.1) is 11.3 Å². The Hall–Kier alpha value is -1.63. The number of carboxylic acid groups (broad SMARTS) is 1. The molecule has 1 amide bonds. The number of benzene rings is 1. The predicted octanol–water partition coefficient (Wildman–Crippen LogP) is 4.02. The number of nitrogens with one attached hydrogen (secondary N) is 1. The summed E-state index contributed by atoms with van der Waals surface area (Å²) in [6, 6.07) is 2.79. The lowest BCUT2D eigenvalue weighted by molar-refractivity contribution is 0.0698. The molecule has 2 N–H and O–H groups in total. The first-order valence-corrected chi connectivity index (χ1v) is 7.35. The number of carbonyl (C=O) groups is 2. The van der Waals surface area contributed by atoms with Gasteiger partial charge in [0.15, 0.2) is 0 Å². The Morgan fingerprint density at radius 2 is 1.86 bits per heavy atom. The van der Waals surface area contributed by atoms with E-state index in [1.165, 1.54) is 23.5 Å². The zero-order chi connectivity index (χ0) is 15.7. The summed E-state index contributed by atoms with van der Waals surface area (Å²) >= 11 is 13.1. The van der Waals surface area contributed by atoms with Crippen LogP contribution in [-0.4, -0.2) is 22.0 Å². The zero-order valence-corrected chi connectivity index (χ0v) is 13.4. The van der Waals surface area contributed by atoms with Crippen molar-refractivity contribution in [2.24, 2.45) is 0 Å². The number of thiazole rings is 1. The van der Waals surface area contributed by atoms with Gasteiger partial charge in [-0.3, -0.25) is 4.79 Å². The Bertz CT molecular complexity index is 743. The molecule has 0 aliphatic rings. The van der Waals surface area contributed by atoms with Crippen LogP contribution in [-0.2, 0) is 0 Å². The molecule has 0 saturated heterocycles. The van der Waals surface area contributed by atoms with Gasteiger partial charge in [0.1, 0.15) is 10.4 Å². The number of hydrogen-bond donors (Lipinski definition) is 2. The summed E-state index contributed by atoms with van der Waals surface area (Å²) in [5.74, 6) is -1.74. The van der Waals surface area contributed by atoms with Gasteiger partial charge in [-0.25, -0.2) is 9.78 Å². The number of aryl methyl sites for hydroxylation is 2. The van der Waals surface area contributed by atoms with E-state index in [-0.39, 0.29) is 21.3 Å². The van der Waals surface area contributed by atoms with Gasteiger partial charge in [-0.1, -0.05) is 23.2 Å². The van der Waals surface area contributed by atoms with Crippen LogP contribution in [0.4, 0.5) is 5.69 Å². The molecular weight excluding hydrogens is 335 g/mol. The number of halogens is 2. The van der Waals surface area contributed by atoms with Crippen molar-refractivity contribution in [3.05, 3.63) is 43.3 Å². The summed E-state index contributed by atoms with van der Waals surface area (Å²) in [7, 11) is 0. The number of carboxylic acids is 1. The Balaban J connectivity index is 2.44. The van der Waals surface area contributed by atoms with Gasteiger partial charge in [-0.05, 0) is 26.0 Å². The van der Waals surface area contributed by atoms with Crippen LogP contribution in [0.15, 0.2) is 12.1 Å². The molecule has 0 atom stereocenters. The average molecular weight is 345 g/mol. The molecule has 21 heavy (non-hydrogen) atoms. The molecule has 1 aromatic carbocycles. The van der Waals surface area contributed by atoms with Crippen LogP contribution in [0.3, 0.4) is 0 Å². The fraction of sp³-hybridized carbons (Fsp3) is 0.154. The molecule has 2 aromatic rings. The van der Waals surface area contributed by atoms with Gasteiger partial charge < -0.3 is 10.4 Å². The number of nitrogens with zero attached hydrogens (tertiary/aromatic N) is 1. The van der Waals surface area contributed by atoms with Crippen LogP contribution in [0.2, 0.25) is 10.0 Å². The maximum atomic E-state index is 12.3. The summed E-state index contributed by atoms with van der Waals surface area (Å²) in [4.78, 5) is 28.1. The highest BCUT2D eigenvalue weighted by Gasteiger charge is 2.22. The van der Waals surface area contributed by atoms with Crippen LogP contribution in [0.25, 0.3) is 0 Å². The highest BCUT2D eigenvalue weighted by molar-refractivity contribution is 7.13. The number of aromatic nitrogens is 1. The first-order valence-electron chi connectivity index (χ1n) is 5.78. The second-order valence-electron chi connectivity index (χ2n) is 4.19. The van der Waals surface area contributed by atoms with E-state index in [1.807, 2.05) is 0 Å². The summed E-state index contributed by atoms with van der Waals surface area (Å²) in [6.07, 6.45) is 0. The van der Waals surface area contributed by atoms with Crippen molar-refractivity contribution in [3.8, 4) is 0 Å². The van der Waals surface area contributed by atoms with Crippen LogP contribution in [0.5, 0.6) is 0 Å². The largest absolute Gasteiger partial charge is 0.478 e. The van der Waals surface area contributed by atoms with Crippen molar-refractivity contribution in [1.82, 2.24) is 4.98 Å². The third-order valence-corrected chi connectivity index (χ3v) is 4.37. The van der Waals surface area contributed by atoms with E-state index in [9.17, 15) is 14.7 Å². The highest BCUT2D eigenvalue weighted by Crippen LogP contribution is 2.32. The Kier molecular flexibility index (Phi) is 4.51. The lowest BCUT2D eigenvalue weighted by Crippen LogP contribution is -2.15. The van der Waals surface area contributed by atoms with Crippen molar-refractivity contribution >= 4 is 52.1 Å². The molecule has 0 aliphatic heterocycles. The molecule has 1 heterocycles. The molecule has 0 radical (unpaired) electrons. The Morgan fingerprint density at radius 3 is 2.38 bits per heavy atom. The van der Waals surface area contributed by atoms with Crippen molar-refractivity contribution in [2.45, 2.75) is 13.8 Å². The Labute approximate surface area is 134 Å². The third kappa shape index (κ3) is 3.18. The van der Waals surface area contributed by atoms with Gasteiger partial charge >= 0.3 is 5.97 Å². The van der Waals surface area contributed by atoms with Crippen molar-refractivity contribution in [1.29, 1.82) is 0 Å². The molecule has 0 saturated carbocycles. The van der Waals surface area contributed by atoms with E-state index in [0.717, 1.165) is 5.01 Å². The average Bonchev–Trinajstić information content (AvgIpc) is 2.72. The van der Waals surface area contributed by atoms with Crippen LogP contribution < -0.4 is 5.32 Å². The smallest absolute Gasteiger partial charge is 0.339 e. The second kappa shape index (κ2) is 6.01. The first kappa shape index (κ1) is 15.8. The molecule has 5 nitrogen and oxygen atoms in total. The van der Waals surface area contributed by atoms with E-state index in [0.29, 0.717) is 10.6 Å². The van der Waals surface area contributed by atoms with E-state index < -0.39 is 11.9 Å². The molecule has 0 aliphatic carbocycles. The van der Waals surface area contributed by atoms with Gasteiger partial charge in [0.2, 0.25) is 0 Å². The summed E-state index contributed by atoms with van der Waals surface area (Å²) in [5, 5.41) is 12.6. The quantitative estimate of drug-likeness (QED) is 0.881. The lowest BCUT2D eigenvalue weighted by Gasteiger charge is -2.11. The molecule has 110 valence electrons. The Morgan fingerprint density at radius 1 is 1.24 bits per heavy atom. The summed E-state index contributed by atoms with van der Waals surface area (Å²) in [5.41, 5.74) is 0.313. The van der Waals surface area contributed by atoms with Gasteiger partial charge in [0.25, 0.3) is 5.91 Å². The SMILES string of the molecule is Cc1nc(C)c(C(=O)Nc2c(Cl)ccc(Cl)c2C(=O)O)s1. The maximum absolute atomic E-state index is 12.3. The minimum atomic E-state index is -1.27. The predicted molar refractivity (Wildman–Crippen MR) is 83.0 cm³/mol. The lowest BCUT2D eigenvalue weighted by atomic mass is 10.1. The zero-order valence-electron chi connectivity index (χ0n) is 11.0. The van der Waals surface area contributed by atoms with E-state index in [4.69, 9.17) is 23.2 Å². The number of hydrogen-bond acceptors (Lipinski definition) is 4.